The first-order valence-corrected chi connectivity index (χ1v) is 15.4. The molecule has 2 unspecified atom stereocenters. The number of carbonyl (C=O) groups excluding carboxylic acids is 2. The normalized spacial score (nSPS) is 25.6. The van der Waals surface area contributed by atoms with E-state index >= 15 is 0 Å². The number of hydrogen-bond donors (Lipinski definition) is 2. The van der Waals surface area contributed by atoms with Crippen molar-refractivity contribution >= 4 is 46.1 Å². The van der Waals surface area contributed by atoms with Crippen molar-refractivity contribution in [1.82, 2.24) is 19.7 Å². The molecule has 6 rings (SSSR count). The molecule has 2 N–H and O–H groups in total. The number of amides is 2. The van der Waals surface area contributed by atoms with E-state index in [1.807, 2.05) is 26.4 Å². The van der Waals surface area contributed by atoms with Crippen LogP contribution in [-0.2, 0) is 16.6 Å². The molecule has 9 nitrogen and oxygen atoms in total. The van der Waals surface area contributed by atoms with E-state index in [2.05, 4.69) is 50.5 Å². The highest BCUT2D eigenvalue weighted by Gasteiger charge is 2.44. The largest absolute Gasteiger partial charge is 0.324 e. The fourth-order valence-corrected chi connectivity index (χ4v) is 7.69. The molecule has 41 heavy (non-hydrogen) atoms. The third kappa shape index (κ3) is 5.90. The Kier molecular flexibility index (Phi) is 7.63. The fourth-order valence-electron chi connectivity index (χ4n) is 6.47. The van der Waals surface area contributed by atoms with Crippen molar-refractivity contribution in [1.29, 1.82) is 0 Å². The maximum absolute atomic E-state index is 13.5. The van der Waals surface area contributed by atoms with Gasteiger partial charge in [0.1, 0.15) is 0 Å². The second-order valence-electron chi connectivity index (χ2n) is 12.5. The Morgan fingerprint density at radius 2 is 1.98 bits per heavy atom. The second-order valence-corrected chi connectivity index (χ2v) is 13.6. The lowest BCUT2D eigenvalue weighted by molar-refractivity contribution is -0.127. The summed E-state index contributed by atoms with van der Waals surface area (Å²) < 4.78 is 1.79. The highest BCUT2D eigenvalue weighted by Crippen LogP contribution is 2.43. The molecule has 0 radical (unpaired) electrons. The number of fused-ring (bicyclic) bond motifs is 2. The molecule has 3 aliphatic heterocycles. The molecule has 2 aromatic heterocycles. The Hall–Kier alpha value is -3.24. The molecule has 4 aliphatic rings. The van der Waals surface area contributed by atoms with Crippen LogP contribution in [-0.4, -0.2) is 62.9 Å². The summed E-state index contributed by atoms with van der Waals surface area (Å²) in [4.78, 5) is 40.3. The van der Waals surface area contributed by atoms with E-state index in [0.29, 0.717) is 34.1 Å². The monoisotopic (exact) mass is 573 g/mol. The zero-order valence-electron chi connectivity index (χ0n) is 24.3. The first-order valence-electron chi connectivity index (χ1n) is 14.6. The van der Waals surface area contributed by atoms with E-state index in [1.165, 1.54) is 19.3 Å². The average molecular weight is 574 g/mol. The molecule has 1 saturated heterocycles. The van der Waals surface area contributed by atoms with Gasteiger partial charge in [-0.1, -0.05) is 38.1 Å². The number of aromatic nitrogens is 3. The minimum absolute atomic E-state index is 0.0102. The molecule has 2 bridgehead atoms. The summed E-state index contributed by atoms with van der Waals surface area (Å²) in [6.07, 6.45) is 15.8. The number of carbonyl (C=O) groups is 2. The molecule has 10 heteroatoms. The van der Waals surface area contributed by atoms with Crippen LogP contribution < -0.4 is 10.6 Å². The van der Waals surface area contributed by atoms with Gasteiger partial charge in [-0.3, -0.25) is 29.1 Å². The number of dihydropyridines is 1. The summed E-state index contributed by atoms with van der Waals surface area (Å²) >= 11 is 1.63. The minimum atomic E-state index is -0.219. The number of likely N-dealkylation sites (tertiary alicyclic amines) is 1. The van der Waals surface area contributed by atoms with Crippen molar-refractivity contribution < 1.29 is 9.59 Å². The van der Waals surface area contributed by atoms with Gasteiger partial charge in [0.05, 0.1) is 47.0 Å². The quantitative estimate of drug-likeness (QED) is 0.494. The van der Waals surface area contributed by atoms with Gasteiger partial charge in [0.25, 0.3) is 5.91 Å². The summed E-state index contributed by atoms with van der Waals surface area (Å²) in [5, 5.41) is 10.4. The summed E-state index contributed by atoms with van der Waals surface area (Å²) in [5.74, 6) is -0.235. The number of thioether (sulfide) groups is 1. The maximum Gasteiger partial charge on any atom is 0.258 e. The van der Waals surface area contributed by atoms with Gasteiger partial charge in [-0.2, -0.15) is 5.10 Å². The lowest BCUT2D eigenvalue weighted by Gasteiger charge is -2.47. The van der Waals surface area contributed by atoms with Gasteiger partial charge in [0.15, 0.2) is 0 Å². The number of nitrogens with zero attached hydrogens (tertiary/aromatic N) is 5. The summed E-state index contributed by atoms with van der Waals surface area (Å²) in [5.41, 5.74) is 3.80. The Bertz CT molecular complexity index is 1450. The van der Waals surface area contributed by atoms with Gasteiger partial charge in [-0.15, -0.1) is 0 Å². The third-order valence-corrected chi connectivity index (χ3v) is 10.2. The van der Waals surface area contributed by atoms with Crippen molar-refractivity contribution in [3.63, 3.8) is 0 Å². The van der Waals surface area contributed by atoms with Crippen LogP contribution in [0.25, 0.3) is 4.91 Å². The van der Waals surface area contributed by atoms with Gasteiger partial charge in [-0.25, -0.2) is 0 Å². The van der Waals surface area contributed by atoms with Crippen molar-refractivity contribution in [2.24, 2.45) is 23.4 Å². The van der Waals surface area contributed by atoms with E-state index < -0.39 is 0 Å². The number of anilines is 2. The van der Waals surface area contributed by atoms with Crippen LogP contribution in [0.5, 0.6) is 0 Å². The molecule has 2 atom stereocenters. The standard InChI is InChI=1S/C31H39N7O2S/c1-19-25(11-23(14-32-19)35-29(39)21-17-38(18-21)28-9-6-10-31(28,2)3)36-30(40)24-15-33-22-7-5-8-26(41-27(24)12-22)20-13-34-37(4)16-20/h8,11,13-16,21-22,28H,5-7,9-10,12,17-18H2,1-4H3,(H,35,39)(H,36,40)/b26-8-. The van der Waals surface area contributed by atoms with Crippen LogP contribution in [0.3, 0.4) is 0 Å². The summed E-state index contributed by atoms with van der Waals surface area (Å²) in [7, 11) is 1.91. The fraction of sp³-hybridized carbons (Fsp3) is 0.516. The molecule has 2 amide bonds. The summed E-state index contributed by atoms with van der Waals surface area (Å²) in [6.45, 7) is 8.13. The highest BCUT2D eigenvalue weighted by atomic mass is 32.2. The van der Waals surface area contributed by atoms with Crippen LogP contribution in [0.4, 0.5) is 11.4 Å². The van der Waals surface area contributed by atoms with E-state index in [4.69, 9.17) is 0 Å². The van der Waals surface area contributed by atoms with Crippen LogP contribution in [0.1, 0.15) is 63.6 Å². The smallest absolute Gasteiger partial charge is 0.258 e. The van der Waals surface area contributed by atoms with Crippen molar-refractivity contribution in [3.05, 3.63) is 52.5 Å². The third-order valence-electron chi connectivity index (χ3n) is 8.96. The molecule has 1 aliphatic carbocycles. The van der Waals surface area contributed by atoms with Crippen molar-refractivity contribution in [2.75, 3.05) is 23.7 Å². The average Bonchev–Trinajstić information content (AvgIpc) is 3.48. The lowest BCUT2D eigenvalue weighted by atomic mass is 9.83. The molecule has 2 fully saturated rings. The number of nitrogens with one attached hydrogen (secondary N) is 2. The first kappa shape index (κ1) is 27.9. The molecule has 5 heterocycles. The number of aryl methyl sites for hydroxylation is 2. The zero-order valence-corrected chi connectivity index (χ0v) is 25.1. The van der Waals surface area contributed by atoms with E-state index in [0.717, 1.165) is 47.7 Å². The number of hydrogen-bond acceptors (Lipinski definition) is 7. The van der Waals surface area contributed by atoms with Gasteiger partial charge in [-0.05, 0) is 44.1 Å². The van der Waals surface area contributed by atoms with E-state index in [1.54, 1.807) is 34.9 Å². The van der Waals surface area contributed by atoms with Crippen LogP contribution in [0.15, 0.2) is 46.2 Å². The minimum Gasteiger partial charge on any atom is -0.324 e. The van der Waals surface area contributed by atoms with E-state index in [-0.39, 0.29) is 23.8 Å². The number of allylic oxidation sites excluding steroid dienone is 1. The van der Waals surface area contributed by atoms with Crippen molar-refractivity contribution in [3.8, 4) is 0 Å². The van der Waals surface area contributed by atoms with Gasteiger partial charge in [0.2, 0.25) is 5.91 Å². The number of rotatable bonds is 6. The molecule has 1 saturated carbocycles. The predicted octanol–water partition coefficient (Wildman–Crippen LogP) is 5.18. The van der Waals surface area contributed by atoms with Gasteiger partial charge < -0.3 is 10.6 Å². The topological polar surface area (TPSA) is 105 Å². The zero-order chi connectivity index (χ0) is 28.7. The maximum atomic E-state index is 13.5. The van der Waals surface area contributed by atoms with Crippen LogP contribution in [0, 0.1) is 18.3 Å². The highest BCUT2D eigenvalue weighted by molar-refractivity contribution is 8.11. The van der Waals surface area contributed by atoms with Gasteiger partial charge >= 0.3 is 0 Å². The molecule has 216 valence electrons. The Balaban J connectivity index is 1.13. The Labute approximate surface area is 246 Å². The second kappa shape index (κ2) is 11.2. The molecular formula is C31H39N7O2S. The van der Waals surface area contributed by atoms with E-state index in [9.17, 15) is 9.59 Å². The molecule has 2 aromatic rings. The van der Waals surface area contributed by atoms with Crippen molar-refractivity contribution in [2.45, 2.75) is 71.4 Å². The Morgan fingerprint density at radius 1 is 1.15 bits per heavy atom. The number of aliphatic imine (C=N–C) groups is 1. The van der Waals surface area contributed by atoms with Crippen LogP contribution >= 0.6 is 11.8 Å². The first-order chi connectivity index (χ1) is 19.7. The number of pyridine rings is 1. The molecular weight excluding hydrogens is 534 g/mol. The Morgan fingerprint density at radius 3 is 2.71 bits per heavy atom. The predicted molar refractivity (Wildman–Crippen MR) is 165 cm³/mol. The molecule has 0 aromatic carbocycles. The SMILES string of the molecule is Cc1ncc(NC(=O)C2CN(C3CCCC3(C)C)C2)cc1NC(=O)C1=C2CC(CC/C=C(/c3cnn(C)c3)S2)N=C1. The summed E-state index contributed by atoms with van der Waals surface area (Å²) in [6, 6.07) is 2.55. The van der Waals surface area contributed by atoms with Gasteiger partial charge in [0, 0.05) is 60.4 Å². The lowest BCUT2D eigenvalue weighted by Crippen LogP contribution is -2.58. The molecule has 0 spiro atoms. The van der Waals surface area contributed by atoms with Crippen LogP contribution in [0.2, 0.25) is 0 Å².